The van der Waals surface area contributed by atoms with Gasteiger partial charge in [0.2, 0.25) is 5.76 Å². The van der Waals surface area contributed by atoms with Gasteiger partial charge < -0.3 is 14.7 Å². The van der Waals surface area contributed by atoms with E-state index in [1.54, 1.807) is 6.07 Å². The first-order chi connectivity index (χ1) is 7.25. The summed E-state index contributed by atoms with van der Waals surface area (Å²) in [6.45, 7) is 1.78. The van der Waals surface area contributed by atoms with Gasteiger partial charge in [-0.3, -0.25) is 4.79 Å². The molecule has 2 fully saturated rings. The number of carbonyl (C=O) groups is 1. The number of fused-ring (bicyclic) bond motifs is 1. The second kappa shape index (κ2) is 3.31. The van der Waals surface area contributed by atoms with Crippen molar-refractivity contribution in [2.75, 3.05) is 13.1 Å². The zero-order valence-corrected chi connectivity index (χ0v) is 9.53. The van der Waals surface area contributed by atoms with Gasteiger partial charge in [-0.25, -0.2) is 0 Å². The summed E-state index contributed by atoms with van der Waals surface area (Å²) in [7, 11) is 0. The van der Waals surface area contributed by atoms with E-state index < -0.39 is 0 Å². The topological polar surface area (TPSA) is 58.4 Å². The molecular formula is C9H10BrN3O2. The van der Waals surface area contributed by atoms with Crippen LogP contribution in [0.3, 0.4) is 0 Å². The highest BCUT2D eigenvalue weighted by Gasteiger charge is 2.45. The van der Waals surface area contributed by atoms with Gasteiger partial charge in [-0.05, 0) is 28.9 Å². The normalized spacial score (nSPS) is 28.7. The second-order valence-corrected chi connectivity index (χ2v) is 4.70. The summed E-state index contributed by atoms with van der Waals surface area (Å²) in [6.07, 6.45) is 1.03. The Morgan fingerprint density at radius 1 is 1.73 bits per heavy atom. The minimum Gasteiger partial charge on any atom is -0.350 e. The first-order valence-electron chi connectivity index (χ1n) is 4.92. The van der Waals surface area contributed by atoms with Crippen LogP contribution in [0.15, 0.2) is 15.2 Å². The summed E-state index contributed by atoms with van der Waals surface area (Å²) in [6, 6.07) is 2.44. The maximum atomic E-state index is 11.9. The molecule has 2 aliphatic heterocycles. The minimum absolute atomic E-state index is 0.0573. The number of carbonyl (C=O) groups excluding carboxylic acids is 1. The Hall–Kier alpha value is -0.880. The number of amides is 1. The van der Waals surface area contributed by atoms with Crippen molar-refractivity contribution in [1.29, 1.82) is 0 Å². The average molecular weight is 272 g/mol. The van der Waals surface area contributed by atoms with Gasteiger partial charge in [-0.2, -0.15) is 0 Å². The molecule has 0 radical (unpaired) electrons. The molecule has 3 heterocycles. The number of halogens is 1. The van der Waals surface area contributed by atoms with Crippen LogP contribution in [0.2, 0.25) is 0 Å². The predicted molar refractivity (Wildman–Crippen MR) is 55.4 cm³/mol. The van der Waals surface area contributed by atoms with E-state index in [0.29, 0.717) is 22.4 Å². The van der Waals surface area contributed by atoms with Crippen molar-refractivity contribution in [1.82, 2.24) is 15.4 Å². The van der Waals surface area contributed by atoms with Crippen LogP contribution in [0.5, 0.6) is 0 Å². The lowest BCUT2D eigenvalue weighted by Crippen LogP contribution is -2.62. The molecule has 1 aromatic rings. The molecule has 2 unspecified atom stereocenters. The van der Waals surface area contributed by atoms with Crippen LogP contribution < -0.4 is 5.32 Å². The molecule has 1 N–H and O–H groups in total. The monoisotopic (exact) mass is 271 g/mol. The second-order valence-electron chi connectivity index (χ2n) is 3.89. The number of likely N-dealkylation sites (tertiary alicyclic amines) is 1. The number of nitrogens with one attached hydrogen (secondary N) is 1. The third-order valence-corrected chi connectivity index (χ3v) is 3.43. The van der Waals surface area contributed by atoms with Crippen molar-refractivity contribution in [3.05, 3.63) is 16.4 Å². The number of aromatic nitrogens is 1. The van der Waals surface area contributed by atoms with Crippen LogP contribution in [0.25, 0.3) is 0 Å². The number of nitrogens with zero attached hydrogens (tertiary/aromatic N) is 2. The smallest absolute Gasteiger partial charge is 0.292 e. The summed E-state index contributed by atoms with van der Waals surface area (Å²) in [4.78, 5) is 13.8. The van der Waals surface area contributed by atoms with Gasteiger partial charge in [0.25, 0.3) is 5.91 Å². The molecule has 0 bridgehead atoms. The molecule has 2 saturated heterocycles. The molecule has 0 aromatic carbocycles. The minimum atomic E-state index is -0.0573. The Morgan fingerprint density at radius 2 is 2.60 bits per heavy atom. The molecule has 5 nitrogen and oxygen atoms in total. The first-order valence-corrected chi connectivity index (χ1v) is 5.71. The van der Waals surface area contributed by atoms with Gasteiger partial charge in [0.1, 0.15) is 4.60 Å². The first kappa shape index (κ1) is 9.35. The summed E-state index contributed by atoms with van der Waals surface area (Å²) < 4.78 is 5.49. The van der Waals surface area contributed by atoms with E-state index in [9.17, 15) is 4.79 Å². The van der Waals surface area contributed by atoms with Crippen molar-refractivity contribution in [3.63, 3.8) is 0 Å². The van der Waals surface area contributed by atoms with Crippen LogP contribution in [-0.4, -0.2) is 41.1 Å². The molecule has 0 saturated carbocycles. The Labute approximate surface area is 94.9 Å². The predicted octanol–water partition coefficient (Wildman–Crippen LogP) is 0.623. The van der Waals surface area contributed by atoms with Crippen molar-refractivity contribution >= 4 is 21.8 Å². The quantitative estimate of drug-likeness (QED) is 0.814. The van der Waals surface area contributed by atoms with Gasteiger partial charge in [0.05, 0.1) is 6.04 Å². The van der Waals surface area contributed by atoms with Crippen molar-refractivity contribution in [2.24, 2.45) is 0 Å². The van der Waals surface area contributed by atoms with Crippen molar-refractivity contribution < 1.29 is 9.32 Å². The van der Waals surface area contributed by atoms with Gasteiger partial charge in [0.15, 0.2) is 0 Å². The molecule has 1 amide bonds. The van der Waals surface area contributed by atoms with Crippen LogP contribution in [0.4, 0.5) is 0 Å². The highest BCUT2D eigenvalue weighted by Crippen LogP contribution is 2.27. The molecule has 3 rings (SSSR count). The Balaban J connectivity index is 1.76. The highest BCUT2D eigenvalue weighted by atomic mass is 79.9. The van der Waals surface area contributed by atoms with Crippen LogP contribution in [0.1, 0.15) is 17.0 Å². The molecule has 15 heavy (non-hydrogen) atoms. The Bertz CT molecular complexity index is 406. The third-order valence-electron chi connectivity index (χ3n) is 3.06. The SMILES string of the molecule is O=C(c1cc(Br)no1)N1CC2NCCC21. The lowest BCUT2D eigenvalue weighted by molar-refractivity contribution is 0.0371. The number of hydrogen-bond donors (Lipinski definition) is 1. The van der Waals surface area contributed by atoms with E-state index in [1.165, 1.54) is 0 Å². The van der Waals surface area contributed by atoms with E-state index in [4.69, 9.17) is 4.52 Å². The molecular weight excluding hydrogens is 262 g/mol. The molecule has 80 valence electrons. The lowest BCUT2D eigenvalue weighted by Gasteiger charge is -2.43. The van der Waals surface area contributed by atoms with Gasteiger partial charge in [-0.15, -0.1) is 0 Å². The molecule has 6 heteroatoms. The van der Waals surface area contributed by atoms with Gasteiger partial charge in [0, 0.05) is 18.7 Å². The standard InChI is InChI=1S/C9H10BrN3O2/c10-8-3-7(15-12-8)9(14)13-4-5-6(13)1-2-11-5/h3,5-6,11H,1-2,4H2. The van der Waals surface area contributed by atoms with E-state index in [1.807, 2.05) is 4.90 Å². The molecule has 2 aliphatic rings. The van der Waals surface area contributed by atoms with Crippen LogP contribution in [-0.2, 0) is 0 Å². The zero-order chi connectivity index (χ0) is 10.4. The summed E-state index contributed by atoms with van der Waals surface area (Å²) in [5.74, 6) is 0.255. The molecule has 2 atom stereocenters. The van der Waals surface area contributed by atoms with Gasteiger partial charge >= 0.3 is 0 Å². The van der Waals surface area contributed by atoms with Crippen molar-refractivity contribution in [3.8, 4) is 0 Å². The lowest BCUT2D eigenvalue weighted by atomic mass is 9.97. The van der Waals surface area contributed by atoms with E-state index in [2.05, 4.69) is 26.4 Å². The summed E-state index contributed by atoms with van der Waals surface area (Å²) >= 11 is 3.16. The zero-order valence-electron chi connectivity index (χ0n) is 7.94. The van der Waals surface area contributed by atoms with Crippen LogP contribution in [0, 0.1) is 0 Å². The maximum absolute atomic E-state index is 11.9. The van der Waals surface area contributed by atoms with E-state index in [-0.39, 0.29) is 5.91 Å². The van der Waals surface area contributed by atoms with Gasteiger partial charge in [-0.1, -0.05) is 5.16 Å². The van der Waals surface area contributed by atoms with E-state index in [0.717, 1.165) is 19.5 Å². The van der Waals surface area contributed by atoms with Crippen molar-refractivity contribution in [2.45, 2.75) is 18.5 Å². The molecule has 0 spiro atoms. The fraction of sp³-hybridized carbons (Fsp3) is 0.556. The summed E-state index contributed by atoms with van der Waals surface area (Å²) in [5.41, 5.74) is 0. The number of hydrogen-bond acceptors (Lipinski definition) is 4. The third kappa shape index (κ3) is 1.39. The number of rotatable bonds is 1. The molecule has 1 aromatic heterocycles. The summed E-state index contributed by atoms with van der Waals surface area (Å²) in [5, 5.41) is 6.99. The molecule has 0 aliphatic carbocycles. The Morgan fingerprint density at radius 3 is 3.27 bits per heavy atom. The maximum Gasteiger partial charge on any atom is 0.292 e. The Kier molecular flexibility index (Phi) is 2.07. The highest BCUT2D eigenvalue weighted by molar-refractivity contribution is 9.10. The fourth-order valence-electron chi connectivity index (χ4n) is 2.25. The van der Waals surface area contributed by atoms with E-state index >= 15 is 0 Å². The fourth-order valence-corrected chi connectivity index (χ4v) is 2.53. The average Bonchev–Trinajstić information content (AvgIpc) is 2.74. The van der Waals surface area contributed by atoms with Crippen LogP contribution >= 0.6 is 15.9 Å². The largest absolute Gasteiger partial charge is 0.350 e.